The monoisotopic (exact) mass is 663 g/mol. The highest BCUT2D eigenvalue weighted by molar-refractivity contribution is 6.67. The molecule has 0 bridgehead atoms. The van der Waals surface area contributed by atoms with Crippen molar-refractivity contribution in [2.75, 3.05) is 29.0 Å². The molecule has 6 N–H and O–H groups in total. The molecule has 0 saturated carbocycles. The molecule has 0 fully saturated rings. The maximum absolute atomic E-state index is 12.6. The Kier molecular flexibility index (Phi) is 10.2. The molecule has 6 rings (SSSR count). The van der Waals surface area contributed by atoms with Crippen molar-refractivity contribution in [2.24, 2.45) is 0 Å². The molecule has 2 aliphatic rings. The normalized spacial score (nSPS) is 12.3. The fourth-order valence-electron chi connectivity index (χ4n) is 4.90. The standard InChI is InChI=1S/C17H12ClNO3.C14H10N2O2.C2H2Cl2O/c18-8-10(20)7-9-5-6-13-14(15(9)19)17(22)12-4-2-1-3-11(12)16(13)21;15-10-6-5-9-11(12(10)16)14(18)8-4-2-1-3-7(8)13(9)17;3-1-2(4)5/h1-6H,7-8,19H2;1-6H,15-16H2;1H2. The summed E-state index contributed by atoms with van der Waals surface area (Å²) in [4.78, 5) is 70.7. The van der Waals surface area contributed by atoms with E-state index in [9.17, 15) is 28.8 Å². The van der Waals surface area contributed by atoms with Gasteiger partial charge in [0.1, 0.15) is 0 Å². The van der Waals surface area contributed by atoms with Gasteiger partial charge < -0.3 is 17.2 Å². The second-order valence-electron chi connectivity index (χ2n) is 9.80. The molecule has 12 heteroatoms. The van der Waals surface area contributed by atoms with Crippen molar-refractivity contribution in [1.29, 1.82) is 0 Å². The van der Waals surface area contributed by atoms with E-state index in [-0.39, 0.29) is 75.2 Å². The third-order valence-electron chi connectivity index (χ3n) is 7.03. The molecule has 228 valence electrons. The number of nitrogens with two attached hydrogens (primary N) is 3. The van der Waals surface area contributed by atoms with Crippen molar-refractivity contribution in [2.45, 2.75) is 6.42 Å². The molecule has 0 unspecified atom stereocenters. The first-order valence-corrected chi connectivity index (χ1v) is 14.7. The van der Waals surface area contributed by atoms with Crippen molar-refractivity contribution in [3.8, 4) is 0 Å². The summed E-state index contributed by atoms with van der Waals surface area (Å²) in [5, 5.41) is -0.508. The van der Waals surface area contributed by atoms with Gasteiger partial charge in [-0.05, 0) is 35.4 Å². The quantitative estimate of drug-likeness (QED) is 0.133. The van der Waals surface area contributed by atoms with E-state index in [1.54, 1.807) is 72.8 Å². The Morgan fingerprint density at radius 2 is 0.933 bits per heavy atom. The van der Waals surface area contributed by atoms with Gasteiger partial charge in [0.15, 0.2) is 28.9 Å². The smallest absolute Gasteiger partial charge is 0.236 e. The number of halogens is 3. The summed E-state index contributed by atoms with van der Waals surface area (Å²) in [6, 6.07) is 19.6. The minimum absolute atomic E-state index is 0.0474. The summed E-state index contributed by atoms with van der Waals surface area (Å²) in [7, 11) is 0. The van der Waals surface area contributed by atoms with Crippen molar-refractivity contribution < 1.29 is 28.8 Å². The molecule has 0 aromatic heterocycles. The number of carbonyl (C=O) groups is 6. The predicted octanol–water partition coefficient (Wildman–Crippen LogP) is 5.01. The maximum atomic E-state index is 12.6. The van der Waals surface area contributed by atoms with Gasteiger partial charge >= 0.3 is 0 Å². The molecule has 0 amide bonds. The van der Waals surface area contributed by atoms with Crippen LogP contribution >= 0.6 is 34.8 Å². The first-order chi connectivity index (χ1) is 21.4. The number of anilines is 3. The fourth-order valence-corrected chi connectivity index (χ4v) is 4.99. The molecule has 0 saturated heterocycles. The first-order valence-electron chi connectivity index (χ1n) is 13.2. The average molecular weight is 665 g/mol. The van der Waals surface area contributed by atoms with Gasteiger partial charge in [-0.15, -0.1) is 23.2 Å². The first kappa shape index (κ1) is 33.1. The SMILES string of the molecule is Nc1c(CC(=O)CCl)ccc2c1C(=O)c1ccccc1C2=O.Nc1ccc2c(c1N)C(=O)c1ccccc1C2=O.O=C(Cl)CCl. The van der Waals surface area contributed by atoms with Gasteiger partial charge in [0.25, 0.3) is 0 Å². The molecule has 4 aromatic rings. The summed E-state index contributed by atoms with van der Waals surface area (Å²) < 4.78 is 0. The lowest BCUT2D eigenvalue weighted by molar-refractivity contribution is -0.116. The number of hydrogen-bond donors (Lipinski definition) is 3. The number of fused-ring (bicyclic) bond motifs is 4. The van der Waals surface area contributed by atoms with E-state index in [1.165, 1.54) is 0 Å². The van der Waals surface area contributed by atoms with Crippen LogP contribution in [-0.4, -0.2) is 45.9 Å². The van der Waals surface area contributed by atoms with Crippen LogP contribution in [0.25, 0.3) is 0 Å². The lowest BCUT2D eigenvalue weighted by Gasteiger charge is -2.20. The van der Waals surface area contributed by atoms with Crippen molar-refractivity contribution in [3.05, 3.63) is 123 Å². The van der Waals surface area contributed by atoms with Crippen molar-refractivity contribution in [1.82, 2.24) is 0 Å². The van der Waals surface area contributed by atoms with E-state index in [0.717, 1.165) is 0 Å². The number of ketones is 5. The van der Waals surface area contributed by atoms with Crippen LogP contribution in [-0.2, 0) is 16.0 Å². The molecular formula is C33H24Cl3N3O6. The summed E-state index contributed by atoms with van der Waals surface area (Å²) >= 11 is 15.1. The Morgan fingerprint density at radius 1 is 0.533 bits per heavy atom. The number of hydrogen-bond acceptors (Lipinski definition) is 9. The van der Waals surface area contributed by atoms with Crippen LogP contribution < -0.4 is 17.2 Å². The molecule has 9 nitrogen and oxygen atoms in total. The Balaban J connectivity index is 0.000000181. The number of alkyl halides is 2. The molecule has 0 aliphatic heterocycles. The minimum atomic E-state index is -0.508. The van der Waals surface area contributed by atoms with Gasteiger partial charge in [-0.25, -0.2) is 0 Å². The molecule has 0 spiro atoms. The number of benzene rings is 4. The Bertz CT molecular complexity index is 1920. The van der Waals surface area contributed by atoms with Gasteiger partial charge in [0, 0.05) is 45.5 Å². The van der Waals surface area contributed by atoms with E-state index in [4.69, 9.17) is 52.0 Å². The Morgan fingerprint density at radius 3 is 1.36 bits per heavy atom. The van der Waals surface area contributed by atoms with E-state index in [2.05, 4.69) is 0 Å². The zero-order valence-electron chi connectivity index (χ0n) is 23.4. The Labute approximate surface area is 272 Å². The van der Waals surface area contributed by atoms with Crippen molar-refractivity contribution in [3.63, 3.8) is 0 Å². The fraction of sp³-hybridized carbons (Fsp3) is 0.0909. The van der Waals surface area contributed by atoms with Crippen LogP contribution in [0.5, 0.6) is 0 Å². The second-order valence-corrected chi connectivity index (χ2v) is 10.8. The highest BCUT2D eigenvalue weighted by Gasteiger charge is 2.33. The second kappa shape index (κ2) is 13.9. The largest absolute Gasteiger partial charge is 0.398 e. The van der Waals surface area contributed by atoms with Crippen LogP contribution in [0.2, 0.25) is 0 Å². The number of nitrogen functional groups attached to an aromatic ring is 3. The Hall–Kier alpha value is -4.83. The average Bonchev–Trinajstić information content (AvgIpc) is 3.05. The van der Waals surface area contributed by atoms with E-state index in [0.29, 0.717) is 39.1 Å². The summed E-state index contributed by atoms with van der Waals surface area (Å²) in [5.41, 5.74) is 21.3. The summed E-state index contributed by atoms with van der Waals surface area (Å²) in [5.74, 6) is -1.36. The van der Waals surface area contributed by atoms with Crippen LogP contribution in [0.3, 0.4) is 0 Å². The molecule has 0 radical (unpaired) electrons. The minimum Gasteiger partial charge on any atom is -0.398 e. The summed E-state index contributed by atoms with van der Waals surface area (Å²) in [6.07, 6.45) is 0.0474. The lowest BCUT2D eigenvalue weighted by atomic mass is 9.82. The lowest BCUT2D eigenvalue weighted by Crippen LogP contribution is -2.23. The molecule has 4 aromatic carbocycles. The molecule has 0 atom stereocenters. The number of carbonyl (C=O) groups excluding carboxylic acids is 6. The maximum Gasteiger partial charge on any atom is 0.236 e. The third-order valence-corrected chi connectivity index (χ3v) is 7.84. The van der Waals surface area contributed by atoms with E-state index < -0.39 is 5.24 Å². The summed E-state index contributed by atoms with van der Waals surface area (Å²) in [6.45, 7) is 0. The molecular weight excluding hydrogens is 641 g/mol. The predicted molar refractivity (Wildman–Crippen MR) is 174 cm³/mol. The van der Waals surface area contributed by atoms with E-state index >= 15 is 0 Å². The van der Waals surface area contributed by atoms with Crippen LogP contribution in [0.1, 0.15) is 69.2 Å². The number of Topliss-reactive ketones (excluding diaryl/α,β-unsaturated/α-hetero) is 1. The topological polar surface area (TPSA) is 180 Å². The van der Waals surface area contributed by atoms with Crippen LogP contribution in [0, 0.1) is 0 Å². The zero-order valence-corrected chi connectivity index (χ0v) is 25.6. The van der Waals surface area contributed by atoms with Crippen molar-refractivity contribution >= 4 is 86.0 Å². The van der Waals surface area contributed by atoms with E-state index in [1.807, 2.05) is 0 Å². The zero-order chi connectivity index (χ0) is 33.0. The van der Waals surface area contributed by atoms with Gasteiger partial charge in [0.2, 0.25) is 5.24 Å². The molecule has 45 heavy (non-hydrogen) atoms. The molecule has 0 heterocycles. The molecule has 2 aliphatic carbocycles. The van der Waals surface area contributed by atoms with Gasteiger partial charge in [-0.2, -0.15) is 0 Å². The van der Waals surface area contributed by atoms with Gasteiger partial charge in [0.05, 0.1) is 34.3 Å². The highest BCUT2D eigenvalue weighted by Crippen LogP contribution is 2.34. The van der Waals surface area contributed by atoms with Gasteiger partial charge in [-0.3, -0.25) is 28.8 Å². The van der Waals surface area contributed by atoms with Gasteiger partial charge in [-0.1, -0.05) is 54.6 Å². The third kappa shape index (κ3) is 6.51. The van der Waals surface area contributed by atoms with Crippen LogP contribution in [0.15, 0.2) is 72.8 Å². The van der Waals surface area contributed by atoms with Crippen LogP contribution in [0.4, 0.5) is 17.1 Å². The highest BCUT2D eigenvalue weighted by atomic mass is 35.5. The number of rotatable bonds is 4.